The van der Waals surface area contributed by atoms with Gasteiger partial charge in [-0.2, -0.15) is 0 Å². The van der Waals surface area contributed by atoms with E-state index in [-0.39, 0.29) is 23.4 Å². The van der Waals surface area contributed by atoms with Gasteiger partial charge in [0.25, 0.3) is 10.0 Å². The third kappa shape index (κ3) is 8.52. The van der Waals surface area contributed by atoms with Crippen molar-refractivity contribution >= 4 is 66.7 Å². The standard InChI is InChI=1S/C33H38BrCl2N3O5S/c1-4-30(33(41)37-23-9-6-5-7-10-23)38(20-26-28(35)11-8-12-29(26)36)32(40)21-39(24-15-13-22(2)14-16-24)45(42,43)25-17-18-31(44-3)27(34)19-25/h8,11-19,23,30H,4-7,9-10,20-21H2,1-3H3,(H,37,41)/t30-/m1/s1. The third-order valence-electron chi connectivity index (χ3n) is 8.04. The molecular formula is C33H38BrCl2N3O5S. The molecule has 1 aliphatic rings. The molecule has 1 aliphatic carbocycles. The fourth-order valence-corrected chi connectivity index (χ4v) is 8.14. The minimum absolute atomic E-state index is 0.0270. The Morgan fingerprint density at radius 1 is 1.02 bits per heavy atom. The number of carbonyl (C=O) groups excluding carboxylic acids is 2. The molecule has 0 spiro atoms. The molecule has 0 saturated heterocycles. The van der Waals surface area contributed by atoms with Gasteiger partial charge in [-0.15, -0.1) is 0 Å². The Bertz CT molecular complexity index is 1590. The lowest BCUT2D eigenvalue weighted by Gasteiger charge is -2.35. The quantitative estimate of drug-likeness (QED) is 0.207. The highest BCUT2D eigenvalue weighted by Gasteiger charge is 2.35. The molecule has 1 fully saturated rings. The first kappa shape index (κ1) is 35.1. The van der Waals surface area contributed by atoms with Crippen LogP contribution in [0.1, 0.15) is 56.6 Å². The van der Waals surface area contributed by atoms with Gasteiger partial charge in [-0.1, -0.05) is 73.2 Å². The fraction of sp³-hybridized carbons (Fsp3) is 0.394. The summed E-state index contributed by atoms with van der Waals surface area (Å²) in [6.07, 6.45) is 5.25. The highest BCUT2D eigenvalue weighted by atomic mass is 79.9. The lowest BCUT2D eigenvalue weighted by atomic mass is 9.95. The molecule has 0 aliphatic heterocycles. The van der Waals surface area contributed by atoms with Gasteiger partial charge < -0.3 is 15.0 Å². The summed E-state index contributed by atoms with van der Waals surface area (Å²) in [5.74, 6) is -0.400. The number of amides is 2. The number of methoxy groups -OCH3 is 1. The van der Waals surface area contributed by atoms with Crippen molar-refractivity contribution in [3.8, 4) is 5.75 Å². The molecule has 8 nitrogen and oxygen atoms in total. The van der Waals surface area contributed by atoms with Crippen LogP contribution in [0.15, 0.2) is 70.0 Å². The van der Waals surface area contributed by atoms with Crippen molar-refractivity contribution in [1.29, 1.82) is 0 Å². The summed E-state index contributed by atoms with van der Waals surface area (Å²) in [7, 11) is -2.77. The van der Waals surface area contributed by atoms with E-state index >= 15 is 0 Å². The lowest BCUT2D eigenvalue weighted by molar-refractivity contribution is -0.140. The number of rotatable bonds is 12. The smallest absolute Gasteiger partial charge is 0.264 e. The number of sulfonamides is 1. The van der Waals surface area contributed by atoms with Gasteiger partial charge in [-0.3, -0.25) is 13.9 Å². The van der Waals surface area contributed by atoms with E-state index in [2.05, 4.69) is 21.2 Å². The number of nitrogens with one attached hydrogen (secondary N) is 1. The van der Waals surface area contributed by atoms with E-state index in [1.807, 2.05) is 13.8 Å². The Hall–Kier alpha value is -2.79. The summed E-state index contributed by atoms with van der Waals surface area (Å²) < 4.78 is 35.2. The maximum Gasteiger partial charge on any atom is 0.264 e. The second kappa shape index (κ2) is 15.7. The van der Waals surface area contributed by atoms with Gasteiger partial charge in [0.15, 0.2) is 0 Å². The van der Waals surface area contributed by atoms with Crippen LogP contribution in [-0.4, -0.2) is 50.9 Å². The number of carbonyl (C=O) groups is 2. The fourth-order valence-electron chi connectivity index (χ4n) is 5.49. The number of benzene rings is 3. The molecule has 1 atom stereocenters. The third-order valence-corrected chi connectivity index (χ3v) is 11.1. The Balaban J connectivity index is 1.75. The normalized spacial score (nSPS) is 14.4. The molecule has 2 amide bonds. The van der Waals surface area contributed by atoms with Crippen molar-refractivity contribution in [2.75, 3.05) is 18.0 Å². The van der Waals surface area contributed by atoms with Crippen LogP contribution in [0, 0.1) is 6.92 Å². The van der Waals surface area contributed by atoms with Crippen molar-refractivity contribution in [1.82, 2.24) is 10.2 Å². The Morgan fingerprint density at radius 2 is 1.67 bits per heavy atom. The Morgan fingerprint density at radius 3 is 2.24 bits per heavy atom. The molecule has 242 valence electrons. The molecule has 0 unspecified atom stereocenters. The maximum atomic E-state index is 14.4. The van der Waals surface area contributed by atoms with Crippen LogP contribution in [0.2, 0.25) is 10.0 Å². The van der Waals surface area contributed by atoms with Crippen molar-refractivity contribution in [3.05, 3.63) is 86.3 Å². The van der Waals surface area contributed by atoms with Gasteiger partial charge in [-0.05, 0) is 84.6 Å². The zero-order chi connectivity index (χ0) is 32.7. The summed E-state index contributed by atoms with van der Waals surface area (Å²) in [5.41, 5.74) is 1.70. The van der Waals surface area contributed by atoms with Gasteiger partial charge >= 0.3 is 0 Å². The van der Waals surface area contributed by atoms with E-state index in [1.165, 1.54) is 24.1 Å². The zero-order valence-electron chi connectivity index (χ0n) is 25.6. The average molecular weight is 740 g/mol. The van der Waals surface area contributed by atoms with E-state index in [0.29, 0.717) is 37.9 Å². The molecule has 12 heteroatoms. The Labute approximate surface area is 284 Å². The monoisotopic (exact) mass is 737 g/mol. The largest absolute Gasteiger partial charge is 0.496 e. The number of anilines is 1. The van der Waals surface area contributed by atoms with Gasteiger partial charge in [0, 0.05) is 28.2 Å². The molecular weight excluding hydrogens is 701 g/mol. The minimum Gasteiger partial charge on any atom is -0.496 e. The summed E-state index contributed by atoms with van der Waals surface area (Å²) in [4.78, 5) is 29.5. The minimum atomic E-state index is -4.26. The second-order valence-corrected chi connectivity index (χ2v) is 14.7. The number of ether oxygens (including phenoxy) is 1. The molecule has 0 aromatic heterocycles. The molecule has 3 aromatic rings. The van der Waals surface area contributed by atoms with Crippen LogP contribution in [0.5, 0.6) is 5.75 Å². The van der Waals surface area contributed by atoms with Crippen LogP contribution in [0.25, 0.3) is 0 Å². The van der Waals surface area contributed by atoms with Crippen LogP contribution in [-0.2, 0) is 26.2 Å². The van der Waals surface area contributed by atoms with Crippen LogP contribution in [0.4, 0.5) is 5.69 Å². The molecule has 0 bridgehead atoms. The SMILES string of the molecule is CC[C@H](C(=O)NC1CCCCC1)N(Cc1c(Cl)cccc1Cl)C(=O)CN(c1ccc(C)cc1)S(=O)(=O)c1ccc(OC)c(Br)c1. The van der Waals surface area contributed by atoms with Gasteiger partial charge in [0.2, 0.25) is 11.8 Å². The van der Waals surface area contributed by atoms with Gasteiger partial charge in [0.05, 0.1) is 22.2 Å². The van der Waals surface area contributed by atoms with Crippen LogP contribution in [0.3, 0.4) is 0 Å². The van der Waals surface area contributed by atoms with E-state index in [1.54, 1.807) is 48.5 Å². The van der Waals surface area contributed by atoms with Crippen molar-refractivity contribution in [2.24, 2.45) is 0 Å². The molecule has 3 aromatic carbocycles. The topological polar surface area (TPSA) is 96.0 Å². The number of nitrogens with zero attached hydrogens (tertiary/aromatic N) is 2. The lowest BCUT2D eigenvalue weighted by Crippen LogP contribution is -2.54. The highest BCUT2D eigenvalue weighted by molar-refractivity contribution is 9.10. The predicted molar refractivity (Wildman–Crippen MR) is 183 cm³/mol. The maximum absolute atomic E-state index is 14.4. The van der Waals surface area contributed by atoms with Crippen LogP contribution < -0.4 is 14.4 Å². The van der Waals surface area contributed by atoms with E-state index < -0.39 is 28.5 Å². The van der Waals surface area contributed by atoms with Gasteiger partial charge in [-0.25, -0.2) is 8.42 Å². The van der Waals surface area contributed by atoms with Crippen molar-refractivity contribution in [3.63, 3.8) is 0 Å². The second-order valence-electron chi connectivity index (χ2n) is 11.1. The van der Waals surface area contributed by atoms with Crippen LogP contribution >= 0.6 is 39.1 Å². The summed E-state index contributed by atoms with van der Waals surface area (Å²) >= 11 is 16.4. The summed E-state index contributed by atoms with van der Waals surface area (Å²) in [6, 6.07) is 15.4. The first-order chi connectivity index (χ1) is 21.5. The highest BCUT2D eigenvalue weighted by Crippen LogP contribution is 2.32. The molecule has 45 heavy (non-hydrogen) atoms. The number of halogens is 3. The van der Waals surface area contributed by atoms with E-state index in [9.17, 15) is 18.0 Å². The van der Waals surface area contributed by atoms with Crippen molar-refractivity contribution in [2.45, 2.75) is 75.9 Å². The summed E-state index contributed by atoms with van der Waals surface area (Å²) in [6.45, 7) is 3.07. The van der Waals surface area contributed by atoms with E-state index in [0.717, 1.165) is 42.0 Å². The number of hydrogen-bond donors (Lipinski definition) is 1. The molecule has 1 saturated carbocycles. The molecule has 1 N–H and O–H groups in total. The zero-order valence-corrected chi connectivity index (χ0v) is 29.5. The number of aryl methyl sites for hydroxylation is 1. The first-order valence-electron chi connectivity index (χ1n) is 14.9. The van der Waals surface area contributed by atoms with Gasteiger partial charge in [0.1, 0.15) is 18.3 Å². The van der Waals surface area contributed by atoms with E-state index in [4.69, 9.17) is 27.9 Å². The molecule has 0 radical (unpaired) electrons. The molecule has 4 rings (SSSR count). The molecule has 0 heterocycles. The predicted octanol–water partition coefficient (Wildman–Crippen LogP) is 7.52. The Kier molecular flexibility index (Phi) is 12.2. The number of hydrogen-bond acceptors (Lipinski definition) is 5. The summed E-state index contributed by atoms with van der Waals surface area (Å²) in [5, 5.41) is 3.82. The average Bonchev–Trinajstić information content (AvgIpc) is 3.02. The van der Waals surface area contributed by atoms with Crippen molar-refractivity contribution < 1.29 is 22.7 Å². The first-order valence-corrected chi connectivity index (χ1v) is 17.9.